The maximum Gasteiger partial charge on any atom is 0.303 e. The summed E-state index contributed by atoms with van der Waals surface area (Å²) >= 11 is 0. The molecule has 2 nitrogen and oxygen atoms in total. The van der Waals surface area contributed by atoms with Crippen LogP contribution in [0.1, 0.15) is 167 Å². The van der Waals surface area contributed by atoms with Gasteiger partial charge in [0.15, 0.2) is 0 Å². The number of hydrogen-bond acceptors (Lipinski definition) is 1. The van der Waals surface area contributed by atoms with Crippen LogP contribution in [0.15, 0.2) is 0 Å². The van der Waals surface area contributed by atoms with Crippen LogP contribution in [0.5, 0.6) is 0 Å². The molecule has 0 amide bonds. The molecule has 185 valence electrons. The van der Waals surface area contributed by atoms with Crippen molar-refractivity contribution in [1.82, 2.24) is 0 Å². The van der Waals surface area contributed by atoms with Crippen molar-refractivity contribution < 1.29 is 32.3 Å². The Morgan fingerprint density at radius 3 is 0.833 bits per heavy atom. The molecule has 0 aliphatic carbocycles. The van der Waals surface area contributed by atoms with Crippen molar-refractivity contribution in [2.24, 2.45) is 0 Å². The second kappa shape index (κ2) is 29.2. The number of unbranched alkanes of at least 4 members (excludes halogenated alkanes) is 23. The van der Waals surface area contributed by atoms with Crippen LogP contribution < -0.4 is 0 Å². The van der Waals surface area contributed by atoms with Gasteiger partial charge >= 0.3 is 5.97 Å². The average molecular weight is 519 g/mol. The van der Waals surface area contributed by atoms with E-state index in [1.807, 2.05) is 0 Å². The summed E-state index contributed by atoms with van der Waals surface area (Å²) < 4.78 is 0. The summed E-state index contributed by atoms with van der Waals surface area (Å²) in [6.45, 7) is 2.29. The van der Waals surface area contributed by atoms with E-state index in [1.54, 1.807) is 0 Å². The zero-order valence-corrected chi connectivity index (χ0v) is 21.8. The number of rotatable bonds is 25. The molecule has 0 aliphatic heterocycles. The van der Waals surface area contributed by atoms with E-state index >= 15 is 0 Å². The molecule has 1 radical (unpaired) electrons. The Bertz CT molecular complexity index is 320. The van der Waals surface area contributed by atoms with E-state index in [-0.39, 0.29) is 22.4 Å². The van der Waals surface area contributed by atoms with Crippen LogP contribution >= 0.6 is 0 Å². The Labute approximate surface area is 205 Å². The van der Waals surface area contributed by atoms with Crippen molar-refractivity contribution in [2.75, 3.05) is 0 Å². The van der Waals surface area contributed by atoms with Crippen molar-refractivity contribution in [3.05, 3.63) is 0 Å². The predicted octanol–water partition coefficient (Wildman–Crippen LogP) is 9.84. The fourth-order valence-electron chi connectivity index (χ4n) is 4.24. The largest absolute Gasteiger partial charge is 0.481 e. The topological polar surface area (TPSA) is 37.3 Å². The molecule has 1 N–H and O–H groups in total. The average Bonchev–Trinajstić information content (AvgIpc) is 2.71. The van der Waals surface area contributed by atoms with Gasteiger partial charge in [-0.15, -0.1) is 0 Å². The summed E-state index contributed by atoms with van der Waals surface area (Å²) in [7, 11) is 0. The predicted molar refractivity (Wildman–Crippen MR) is 129 cm³/mol. The molecule has 0 bridgehead atoms. The first-order chi connectivity index (χ1) is 14.3. The van der Waals surface area contributed by atoms with E-state index in [4.69, 9.17) is 5.11 Å². The molecular formula is C27H54AgO2. The van der Waals surface area contributed by atoms with Crippen molar-refractivity contribution in [1.29, 1.82) is 0 Å². The molecular weight excluding hydrogens is 464 g/mol. The Hall–Kier alpha value is 0.210. The smallest absolute Gasteiger partial charge is 0.303 e. The second-order valence-electron chi connectivity index (χ2n) is 9.28. The van der Waals surface area contributed by atoms with Gasteiger partial charge < -0.3 is 5.11 Å². The third-order valence-electron chi connectivity index (χ3n) is 6.24. The van der Waals surface area contributed by atoms with Crippen molar-refractivity contribution >= 4 is 5.97 Å². The summed E-state index contributed by atoms with van der Waals surface area (Å²) in [4.78, 5) is 10.4. The maximum absolute atomic E-state index is 10.4. The first-order valence-corrected chi connectivity index (χ1v) is 13.5. The van der Waals surface area contributed by atoms with Gasteiger partial charge in [0, 0.05) is 28.8 Å². The minimum Gasteiger partial charge on any atom is -0.481 e. The van der Waals surface area contributed by atoms with Crippen LogP contribution in [0.2, 0.25) is 0 Å². The summed E-state index contributed by atoms with van der Waals surface area (Å²) in [5.74, 6) is -0.649. The second-order valence-corrected chi connectivity index (χ2v) is 9.28. The third-order valence-corrected chi connectivity index (χ3v) is 6.24. The van der Waals surface area contributed by atoms with Gasteiger partial charge in [0.1, 0.15) is 0 Å². The summed E-state index contributed by atoms with van der Waals surface area (Å²) in [5.41, 5.74) is 0. The van der Waals surface area contributed by atoms with Crippen LogP contribution in [0, 0.1) is 0 Å². The number of hydrogen-bond donors (Lipinski definition) is 1. The van der Waals surface area contributed by atoms with Crippen LogP contribution in [-0.4, -0.2) is 11.1 Å². The standard InChI is InChI=1S/C27H54O2.Ag/c1-2-3-4-5-6-7-8-9-10-11-12-13-14-15-16-17-18-19-20-21-22-23-24-25-26-27(28)29;/h2-26H2,1H3,(H,28,29);. The normalized spacial score (nSPS) is 10.8. The molecule has 0 saturated carbocycles. The number of carbonyl (C=O) groups is 1. The summed E-state index contributed by atoms with van der Waals surface area (Å²) in [6, 6.07) is 0. The summed E-state index contributed by atoms with van der Waals surface area (Å²) in [6.07, 6.45) is 33.5. The van der Waals surface area contributed by atoms with Crippen molar-refractivity contribution in [3.63, 3.8) is 0 Å². The van der Waals surface area contributed by atoms with Crippen molar-refractivity contribution in [3.8, 4) is 0 Å². The maximum atomic E-state index is 10.4. The fraction of sp³-hybridized carbons (Fsp3) is 0.963. The molecule has 30 heavy (non-hydrogen) atoms. The van der Waals surface area contributed by atoms with Gasteiger partial charge in [-0.2, -0.15) is 0 Å². The number of carboxylic acid groups (broad SMARTS) is 1. The van der Waals surface area contributed by atoms with Crippen LogP contribution in [0.4, 0.5) is 0 Å². The van der Waals surface area contributed by atoms with Gasteiger partial charge in [0.05, 0.1) is 0 Å². The van der Waals surface area contributed by atoms with E-state index < -0.39 is 5.97 Å². The van der Waals surface area contributed by atoms with Crippen LogP contribution in [-0.2, 0) is 27.2 Å². The van der Waals surface area contributed by atoms with Crippen molar-refractivity contribution in [2.45, 2.75) is 167 Å². The summed E-state index contributed by atoms with van der Waals surface area (Å²) in [5, 5.41) is 8.59. The molecule has 0 unspecified atom stereocenters. The molecule has 0 spiro atoms. The molecule has 0 atom stereocenters. The van der Waals surface area contributed by atoms with E-state index in [0.29, 0.717) is 6.42 Å². The zero-order valence-electron chi connectivity index (χ0n) is 20.3. The molecule has 0 aliphatic rings. The van der Waals surface area contributed by atoms with Gasteiger partial charge in [0.25, 0.3) is 0 Å². The van der Waals surface area contributed by atoms with Gasteiger partial charge in [0.2, 0.25) is 0 Å². The minimum atomic E-state index is -0.649. The first-order valence-electron chi connectivity index (χ1n) is 13.5. The quantitative estimate of drug-likeness (QED) is 0.0965. The molecule has 0 fully saturated rings. The Balaban J connectivity index is 0. The van der Waals surface area contributed by atoms with Crippen LogP contribution in [0.3, 0.4) is 0 Å². The van der Waals surface area contributed by atoms with E-state index in [2.05, 4.69) is 6.92 Å². The molecule has 0 saturated heterocycles. The van der Waals surface area contributed by atoms with E-state index in [9.17, 15) is 4.79 Å². The molecule has 0 heterocycles. The zero-order chi connectivity index (χ0) is 21.3. The van der Waals surface area contributed by atoms with Gasteiger partial charge in [-0.05, 0) is 6.42 Å². The Morgan fingerprint density at radius 2 is 0.633 bits per heavy atom. The molecule has 0 aromatic heterocycles. The monoisotopic (exact) mass is 517 g/mol. The van der Waals surface area contributed by atoms with Gasteiger partial charge in [-0.25, -0.2) is 0 Å². The van der Waals surface area contributed by atoms with E-state index in [1.165, 1.54) is 141 Å². The Morgan fingerprint density at radius 1 is 0.433 bits per heavy atom. The molecule has 0 aromatic rings. The molecule has 0 aromatic carbocycles. The van der Waals surface area contributed by atoms with E-state index in [0.717, 1.165) is 12.8 Å². The minimum absolute atomic E-state index is 0. The van der Waals surface area contributed by atoms with Crippen LogP contribution in [0.25, 0.3) is 0 Å². The number of carboxylic acids is 1. The first kappa shape index (κ1) is 32.4. The molecule has 3 heteroatoms. The van der Waals surface area contributed by atoms with Gasteiger partial charge in [-0.3, -0.25) is 4.79 Å². The SMILES string of the molecule is CCCCCCCCCCCCCCCCCCCCCCCCCCC(=O)O.[Ag]. The Kier molecular flexibility index (Phi) is 31.5. The third kappa shape index (κ3) is 30.4. The number of aliphatic carboxylic acids is 1. The molecule has 0 rings (SSSR count). The fourth-order valence-corrected chi connectivity index (χ4v) is 4.24. The van der Waals surface area contributed by atoms with Gasteiger partial charge in [-0.1, -0.05) is 155 Å².